The normalized spacial score (nSPS) is 10.8. The monoisotopic (exact) mass is 317 g/mol. The van der Waals surface area contributed by atoms with Crippen LogP contribution in [0.5, 0.6) is 0 Å². The van der Waals surface area contributed by atoms with Crippen LogP contribution >= 0.6 is 15.9 Å². The zero-order valence-electron chi connectivity index (χ0n) is 9.62. The van der Waals surface area contributed by atoms with Gasteiger partial charge < -0.3 is 5.11 Å². The highest BCUT2D eigenvalue weighted by Crippen LogP contribution is 2.26. The van der Waals surface area contributed by atoms with E-state index in [1.165, 1.54) is 0 Å². The van der Waals surface area contributed by atoms with Crippen molar-refractivity contribution >= 4 is 27.5 Å². The first-order chi connectivity index (χ1) is 9.18. The molecule has 0 fully saturated rings. The summed E-state index contributed by atoms with van der Waals surface area (Å²) in [5, 5.41) is 9.44. The maximum absolute atomic E-state index is 11.5. The number of carbonyl (C=O) groups is 1. The van der Waals surface area contributed by atoms with Gasteiger partial charge in [-0.3, -0.25) is 9.38 Å². The van der Waals surface area contributed by atoms with Crippen molar-refractivity contribution in [3.63, 3.8) is 0 Å². The number of rotatable bonds is 2. The molecule has 6 heteroatoms. The maximum atomic E-state index is 11.5. The molecule has 0 bridgehead atoms. The van der Waals surface area contributed by atoms with Gasteiger partial charge in [0.15, 0.2) is 5.69 Å². The van der Waals surface area contributed by atoms with Crippen molar-refractivity contribution < 1.29 is 9.90 Å². The van der Waals surface area contributed by atoms with Crippen molar-refractivity contribution in [3.05, 3.63) is 53.0 Å². The van der Waals surface area contributed by atoms with Gasteiger partial charge in [-0.15, -0.1) is 0 Å². The molecule has 0 radical (unpaired) electrons. The molecule has 3 aromatic rings. The Kier molecular flexibility index (Phi) is 2.79. The van der Waals surface area contributed by atoms with E-state index in [-0.39, 0.29) is 5.69 Å². The van der Waals surface area contributed by atoms with E-state index >= 15 is 0 Å². The zero-order chi connectivity index (χ0) is 13.4. The number of pyridine rings is 2. The molecule has 0 aromatic carbocycles. The van der Waals surface area contributed by atoms with Crippen molar-refractivity contribution in [2.45, 2.75) is 0 Å². The second-order valence-electron chi connectivity index (χ2n) is 3.89. The summed E-state index contributed by atoms with van der Waals surface area (Å²) in [5.74, 6) is -1.02. The number of carboxylic acid groups (broad SMARTS) is 1. The van der Waals surface area contributed by atoms with E-state index in [2.05, 4.69) is 25.9 Å². The predicted molar refractivity (Wildman–Crippen MR) is 73.1 cm³/mol. The number of fused-ring (bicyclic) bond motifs is 1. The summed E-state index contributed by atoms with van der Waals surface area (Å²) in [6.45, 7) is 0. The number of imidazole rings is 1. The Morgan fingerprint density at radius 1 is 1.21 bits per heavy atom. The highest BCUT2D eigenvalue weighted by atomic mass is 79.9. The average Bonchev–Trinajstić information content (AvgIpc) is 2.81. The van der Waals surface area contributed by atoms with Crippen LogP contribution in [0.3, 0.4) is 0 Å². The van der Waals surface area contributed by atoms with E-state index in [4.69, 9.17) is 0 Å². The largest absolute Gasteiger partial charge is 0.476 e. The molecule has 94 valence electrons. The molecule has 0 aliphatic heterocycles. The van der Waals surface area contributed by atoms with Crippen molar-refractivity contribution in [2.24, 2.45) is 0 Å². The third-order valence-electron chi connectivity index (χ3n) is 2.75. The van der Waals surface area contributed by atoms with Crippen LogP contribution in [0.2, 0.25) is 0 Å². The van der Waals surface area contributed by atoms with Gasteiger partial charge in [-0.2, -0.15) is 0 Å². The van der Waals surface area contributed by atoms with Crippen LogP contribution < -0.4 is 0 Å². The van der Waals surface area contributed by atoms with Gasteiger partial charge in [0.25, 0.3) is 0 Å². The van der Waals surface area contributed by atoms with Crippen LogP contribution in [-0.4, -0.2) is 25.4 Å². The lowest BCUT2D eigenvalue weighted by molar-refractivity contribution is 0.0690. The number of nitrogens with zero attached hydrogens (tertiary/aromatic N) is 3. The summed E-state index contributed by atoms with van der Waals surface area (Å²) in [4.78, 5) is 19.8. The molecule has 0 amide bonds. The summed E-state index contributed by atoms with van der Waals surface area (Å²) < 4.78 is 2.22. The average molecular weight is 318 g/mol. The van der Waals surface area contributed by atoms with E-state index in [0.717, 1.165) is 5.56 Å². The molecule has 0 saturated carbocycles. The molecule has 0 spiro atoms. The minimum absolute atomic E-state index is 0.133. The van der Waals surface area contributed by atoms with E-state index in [1.807, 2.05) is 6.07 Å². The second-order valence-corrected chi connectivity index (χ2v) is 4.70. The molecule has 0 atom stereocenters. The predicted octanol–water partition coefficient (Wildman–Crippen LogP) is 2.86. The Labute approximate surface area is 116 Å². The Balaban J connectivity index is 2.40. The summed E-state index contributed by atoms with van der Waals surface area (Å²) in [6, 6.07) is 8.83. The van der Waals surface area contributed by atoms with E-state index in [0.29, 0.717) is 15.9 Å². The van der Waals surface area contributed by atoms with E-state index in [9.17, 15) is 9.90 Å². The van der Waals surface area contributed by atoms with Gasteiger partial charge >= 0.3 is 5.97 Å². The molecule has 3 heterocycles. The van der Waals surface area contributed by atoms with Gasteiger partial charge in [-0.1, -0.05) is 6.07 Å². The molecule has 0 saturated heterocycles. The SMILES string of the molecule is O=C(O)c1c(-c2ccncc2)nc2cccc(Br)n12. The minimum Gasteiger partial charge on any atom is -0.476 e. The van der Waals surface area contributed by atoms with Crippen LogP contribution in [0, 0.1) is 0 Å². The number of aromatic nitrogens is 3. The molecular weight excluding hydrogens is 310 g/mol. The lowest BCUT2D eigenvalue weighted by atomic mass is 10.1. The van der Waals surface area contributed by atoms with Crippen molar-refractivity contribution in [3.8, 4) is 11.3 Å². The van der Waals surface area contributed by atoms with Crippen LogP contribution in [0.15, 0.2) is 47.3 Å². The number of hydrogen-bond donors (Lipinski definition) is 1. The Morgan fingerprint density at radius 2 is 1.95 bits per heavy atom. The van der Waals surface area contributed by atoms with Gasteiger partial charge in [0.2, 0.25) is 0 Å². The standard InChI is InChI=1S/C13H8BrN3O2/c14-9-2-1-3-10-16-11(8-4-6-15-7-5-8)12(13(18)19)17(9)10/h1-7H,(H,18,19). The van der Waals surface area contributed by atoms with Gasteiger partial charge in [0, 0.05) is 18.0 Å². The zero-order valence-corrected chi connectivity index (χ0v) is 11.2. The number of aromatic carboxylic acids is 1. The van der Waals surface area contributed by atoms with Crippen LogP contribution in [-0.2, 0) is 0 Å². The second kappa shape index (κ2) is 4.47. The van der Waals surface area contributed by atoms with Gasteiger partial charge in [0.1, 0.15) is 11.3 Å². The fourth-order valence-corrected chi connectivity index (χ4v) is 2.47. The molecular formula is C13H8BrN3O2. The smallest absolute Gasteiger partial charge is 0.355 e. The number of carboxylic acids is 1. The molecule has 0 aliphatic rings. The van der Waals surface area contributed by atoms with Gasteiger partial charge in [0.05, 0.1) is 4.60 Å². The third kappa shape index (κ3) is 1.90. The van der Waals surface area contributed by atoms with E-state index in [1.54, 1.807) is 41.1 Å². The van der Waals surface area contributed by atoms with Crippen molar-refractivity contribution in [2.75, 3.05) is 0 Å². The molecule has 1 N–H and O–H groups in total. The number of hydrogen-bond acceptors (Lipinski definition) is 3. The van der Waals surface area contributed by atoms with Gasteiger partial charge in [-0.05, 0) is 40.2 Å². The molecule has 0 unspecified atom stereocenters. The lowest BCUT2D eigenvalue weighted by Gasteiger charge is -2.01. The fraction of sp³-hybridized carbons (Fsp3) is 0. The van der Waals surface area contributed by atoms with Crippen molar-refractivity contribution in [1.29, 1.82) is 0 Å². The molecule has 5 nitrogen and oxygen atoms in total. The van der Waals surface area contributed by atoms with Crippen LogP contribution in [0.1, 0.15) is 10.5 Å². The Morgan fingerprint density at radius 3 is 2.63 bits per heavy atom. The fourth-order valence-electron chi connectivity index (χ4n) is 1.96. The Hall–Kier alpha value is -2.21. The van der Waals surface area contributed by atoms with Crippen LogP contribution in [0.4, 0.5) is 0 Å². The van der Waals surface area contributed by atoms with Crippen LogP contribution in [0.25, 0.3) is 16.9 Å². The number of halogens is 1. The lowest BCUT2D eigenvalue weighted by Crippen LogP contribution is -2.04. The topological polar surface area (TPSA) is 67.5 Å². The first kappa shape index (κ1) is 11.9. The molecule has 0 aliphatic carbocycles. The summed E-state index contributed by atoms with van der Waals surface area (Å²) in [7, 11) is 0. The molecule has 3 aromatic heterocycles. The summed E-state index contributed by atoms with van der Waals surface area (Å²) in [6.07, 6.45) is 3.22. The summed E-state index contributed by atoms with van der Waals surface area (Å²) >= 11 is 3.35. The molecule has 3 rings (SSSR count). The van der Waals surface area contributed by atoms with Crippen molar-refractivity contribution in [1.82, 2.24) is 14.4 Å². The first-order valence-electron chi connectivity index (χ1n) is 5.49. The highest BCUT2D eigenvalue weighted by molar-refractivity contribution is 9.10. The third-order valence-corrected chi connectivity index (χ3v) is 3.37. The first-order valence-corrected chi connectivity index (χ1v) is 6.28. The molecule has 19 heavy (non-hydrogen) atoms. The van der Waals surface area contributed by atoms with Gasteiger partial charge in [-0.25, -0.2) is 9.78 Å². The van der Waals surface area contributed by atoms with E-state index < -0.39 is 5.97 Å². The quantitative estimate of drug-likeness (QED) is 0.738. The maximum Gasteiger partial charge on any atom is 0.355 e. The highest BCUT2D eigenvalue weighted by Gasteiger charge is 2.20. The summed E-state index contributed by atoms with van der Waals surface area (Å²) in [5.41, 5.74) is 1.87. The minimum atomic E-state index is -1.02. The Bertz CT molecular complexity index is 768.